The number of unbranched alkanes of at least 4 members (excludes halogenated alkanes) is 1. The van der Waals surface area contributed by atoms with Crippen LogP contribution >= 0.6 is 0 Å². The monoisotopic (exact) mass is 489 g/mol. The molecule has 0 atom stereocenters. The summed E-state index contributed by atoms with van der Waals surface area (Å²) in [4.78, 5) is 13.7. The molecule has 3 aromatic carbocycles. The van der Waals surface area contributed by atoms with Gasteiger partial charge < -0.3 is 19.8 Å². The van der Waals surface area contributed by atoms with Crippen molar-refractivity contribution in [2.24, 2.45) is 0 Å². The van der Waals surface area contributed by atoms with Crippen LogP contribution in [0.5, 0.6) is 5.75 Å². The molecule has 2 N–H and O–H groups in total. The molecule has 192 valence electrons. The molecule has 0 spiro atoms. The zero-order valence-corrected chi connectivity index (χ0v) is 22.2. The summed E-state index contributed by atoms with van der Waals surface area (Å²) >= 11 is 0. The zero-order chi connectivity index (χ0) is 26.3. The highest BCUT2D eigenvalue weighted by Gasteiger charge is 2.22. The molecule has 3 rings (SSSR count). The highest BCUT2D eigenvalue weighted by Crippen LogP contribution is 2.40. The second kappa shape index (κ2) is 12.1. The number of hydrogen-bond donors (Lipinski definition) is 2. The number of aliphatic hydroxyl groups excluding tert-OH is 1. The first-order chi connectivity index (χ1) is 17.2. The van der Waals surface area contributed by atoms with Crippen LogP contribution in [0.3, 0.4) is 0 Å². The quantitative estimate of drug-likeness (QED) is 0.283. The fraction of sp³-hybridized carbons (Fsp3) is 0.387. The van der Waals surface area contributed by atoms with E-state index in [1.807, 2.05) is 24.3 Å². The van der Waals surface area contributed by atoms with Crippen molar-refractivity contribution in [2.45, 2.75) is 52.9 Å². The lowest BCUT2D eigenvalue weighted by Gasteiger charge is -2.31. The minimum Gasteiger partial charge on any atom is -0.493 e. The first kappa shape index (κ1) is 27.3. The van der Waals surface area contributed by atoms with Crippen LogP contribution in [0.25, 0.3) is 22.3 Å². The van der Waals surface area contributed by atoms with Gasteiger partial charge in [-0.1, -0.05) is 45.0 Å². The third kappa shape index (κ3) is 6.46. The SMILES string of the molecule is CCN(CC)c1ccc(-c2cc(-c3ccc(C(=O)O)cc3)ccc2OCCCCO)cc1C(C)(C)C. The molecule has 36 heavy (non-hydrogen) atoms. The molecule has 3 aromatic rings. The smallest absolute Gasteiger partial charge is 0.335 e. The van der Waals surface area contributed by atoms with Crippen LogP contribution < -0.4 is 9.64 Å². The van der Waals surface area contributed by atoms with E-state index < -0.39 is 5.97 Å². The molecule has 0 aliphatic carbocycles. The standard InChI is InChI=1S/C31H39NO4/c1-6-32(7-2)28-16-14-25(21-27(28)31(3,4)5)26-20-24(15-17-29(26)36-19-9-8-18-33)22-10-12-23(13-11-22)30(34)35/h10-17,20-21,33H,6-9,18-19H2,1-5H3,(H,34,35). The van der Waals surface area contributed by atoms with Crippen LogP contribution in [0.1, 0.15) is 63.4 Å². The highest BCUT2D eigenvalue weighted by molar-refractivity contribution is 5.88. The highest BCUT2D eigenvalue weighted by atomic mass is 16.5. The van der Waals surface area contributed by atoms with Gasteiger partial charge in [-0.05, 0) is 90.8 Å². The second-order valence-electron chi connectivity index (χ2n) is 10.0. The molecular formula is C31H39NO4. The lowest BCUT2D eigenvalue weighted by atomic mass is 9.83. The summed E-state index contributed by atoms with van der Waals surface area (Å²) in [6.45, 7) is 13.7. The number of nitrogens with zero attached hydrogens (tertiary/aromatic N) is 1. The summed E-state index contributed by atoms with van der Waals surface area (Å²) in [6.07, 6.45) is 1.48. The van der Waals surface area contributed by atoms with Gasteiger partial charge in [0.15, 0.2) is 0 Å². The Morgan fingerprint density at radius 2 is 1.50 bits per heavy atom. The molecule has 0 bridgehead atoms. The predicted molar refractivity (Wildman–Crippen MR) is 148 cm³/mol. The Balaban J connectivity index is 2.12. The van der Waals surface area contributed by atoms with Gasteiger partial charge in [-0.15, -0.1) is 0 Å². The number of hydrogen-bond acceptors (Lipinski definition) is 4. The molecule has 0 radical (unpaired) electrons. The summed E-state index contributed by atoms with van der Waals surface area (Å²) in [6, 6.07) is 19.7. The van der Waals surface area contributed by atoms with Gasteiger partial charge >= 0.3 is 5.97 Å². The molecule has 5 heteroatoms. The zero-order valence-electron chi connectivity index (χ0n) is 22.2. The summed E-state index contributed by atoms with van der Waals surface area (Å²) in [5.74, 6) is -0.133. The summed E-state index contributed by atoms with van der Waals surface area (Å²) < 4.78 is 6.18. The first-order valence-electron chi connectivity index (χ1n) is 12.8. The fourth-order valence-corrected chi connectivity index (χ4v) is 4.41. The first-order valence-corrected chi connectivity index (χ1v) is 12.8. The molecule has 5 nitrogen and oxygen atoms in total. The number of carboxylic acids is 1. The number of aromatic carboxylic acids is 1. The van der Waals surface area contributed by atoms with E-state index in [1.54, 1.807) is 12.1 Å². The number of carboxylic acid groups (broad SMARTS) is 1. The molecule has 0 heterocycles. The van der Waals surface area contributed by atoms with Crippen molar-refractivity contribution >= 4 is 11.7 Å². The van der Waals surface area contributed by atoms with Crippen molar-refractivity contribution in [3.63, 3.8) is 0 Å². The van der Waals surface area contributed by atoms with Crippen LogP contribution in [0.15, 0.2) is 60.7 Å². The van der Waals surface area contributed by atoms with Crippen molar-refractivity contribution in [1.29, 1.82) is 0 Å². The maximum absolute atomic E-state index is 11.3. The second-order valence-corrected chi connectivity index (χ2v) is 10.0. The van der Waals surface area contributed by atoms with Gasteiger partial charge in [-0.3, -0.25) is 0 Å². The van der Waals surface area contributed by atoms with Crippen molar-refractivity contribution in [2.75, 3.05) is 31.2 Å². The van der Waals surface area contributed by atoms with Crippen molar-refractivity contribution in [3.05, 3.63) is 71.8 Å². The van der Waals surface area contributed by atoms with Gasteiger partial charge in [0.2, 0.25) is 0 Å². The number of carbonyl (C=O) groups is 1. The van der Waals surface area contributed by atoms with Crippen LogP contribution in [0.2, 0.25) is 0 Å². The number of aliphatic hydroxyl groups is 1. The van der Waals surface area contributed by atoms with E-state index in [2.05, 4.69) is 63.8 Å². The van der Waals surface area contributed by atoms with E-state index in [0.29, 0.717) is 13.0 Å². The van der Waals surface area contributed by atoms with Gasteiger partial charge in [0, 0.05) is 30.9 Å². The van der Waals surface area contributed by atoms with Crippen LogP contribution in [0, 0.1) is 0 Å². The molecule has 0 amide bonds. The van der Waals surface area contributed by atoms with E-state index in [1.165, 1.54) is 11.3 Å². The Kier molecular flexibility index (Phi) is 9.16. The number of benzene rings is 3. The lowest BCUT2D eigenvalue weighted by molar-refractivity contribution is 0.0697. The number of ether oxygens (including phenoxy) is 1. The third-order valence-corrected chi connectivity index (χ3v) is 6.47. The fourth-order valence-electron chi connectivity index (χ4n) is 4.41. The third-order valence-electron chi connectivity index (χ3n) is 6.47. The van der Waals surface area contributed by atoms with Crippen LogP contribution in [-0.2, 0) is 5.41 Å². The van der Waals surface area contributed by atoms with Gasteiger partial charge in [0.25, 0.3) is 0 Å². The Morgan fingerprint density at radius 1 is 0.861 bits per heavy atom. The molecule has 0 aliphatic rings. The number of anilines is 1. The molecule has 0 saturated carbocycles. The molecule has 0 unspecified atom stereocenters. The molecule has 0 aliphatic heterocycles. The average molecular weight is 490 g/mol. The Morgan fingerprint density at radius 3 is 2.08 bits per heavy atom. The topological polar surface area (TPSA) is 70.0 Å². The van der Waals surface area contributed by atoms with Crippen molar-refractivity contribution in [3.8, 4) is 28.0 Å². The number of rotatable bonds is 11. The van der Waals surface area contributed by atoms with E-state index in [0.717, 1.165) is 47.5 Å². The van der Waals surface area contributed by atoms with Crippen molar-refractivity contribution < 1.29 is 19.7 Å². The lowest BCUT2D eigenvalue weighted by Crippen LogP contribution is -2.26. The van der Waals surface area contributed by atoms with E-state index in [-0.39, 0.29) is 17.6 Å². The Bertz CT molecular complexity index is 1160. The normalized spacial score (nSPS) is 11.4. The predicted octanol–water partition coefficient (Wildman–Crippen LogP) is 7.01. The molecule has 0 saturated heterocycles. The van der Waals surface area contributed by atoms with Crippen molar-refractivity contribution in [1.82, 2.24) is 0 Å². The van der Waals surface area contributed by atoms with E-state index in [9.17, 15) is 9.90 Å². The van der Waals surface area contributed by atoms with Gasteiger partial charge in [0.05, 0.1) is 12.2 Å². The summed E-state index contributed by atoms with van der Waals surface area (Å²) in [5.41, 5.74) is 6.78. The maximum Gasteiger partial charge on any atom is 0.335 e. The average Bonchev–Trinajstić information content (AvgIpc) is 2.87. The Hall–Kier alpha value is -3.31. The summed E-state index contributed by atoms with van der Waals surface area (Å²) in [5, 5.41) is 18.4. The largest absolute Gasteiger partial charge is 0.493 e. The van der Waals surface area contributed by atoms with Gasteiger partial charge in [-0.25, -0.2) is 4.79 Å². The summed E-state index contributed by atoms with van der Waals surface area (Å²) in [7, 11) is 0. The van der Waals surface area contributed by atoms with Crippen LogP contribution in [0.4, 0.5) is 5.69 Å². The molecule has 0 fully saturated rings. The minimum absolute atomic E-state index is 0.0413. The minimum atomic E-state index is -0.933. The van der Waals surface area contributed by atoms with Gasteiger partial charge in [-0.2, -0.15) is 0 Å². The van der Waals surface area contributed by atoms with E-state index in [4.69, 9.17) is 9.84 Å². The maximum atomic E-state index is 11.3. The van der Waals surface area contributed by atoms with Gasteiger partial charge in [0.1, 0.15) is 5.75 Å². The molecular weight excluding hydrogens is 450 g/mol. The Labute approximate surface area is 215 Å². The molecule has 0 aromatic heterocycles. The van der Waals surface area contributed by atoms with Crippen LogP contribution in [-0.4, -0.2) is 42.5 Å². The van der Waals surface area contributed by atoms with E-state index >= 15 is 0 Å².